The van der Waals surface area contributed by atoms with Gasteiger partial charge in [-0.15, -0.1) is 0 Å². The molecular formula is C12H15FN2O. The van der Waals surface area contributed by atoms with E-state index in [0.717, 1.165) is 25.9 Å². The summed E-state index contributed by atoms with van der Waals surface area (Å²) in [5, 5.41) is 3.19. The van der Waals surface area contributed by atoms with Crippen molar-refractivity contribution >= 4 is 11.5 Å². The molecule has 1 aromatic rings. The number of benzene rings is 1. The van der Waals surface area contributed by atoms with Gasteiger partial charge in [-0.1, -0.05) is 0 Å². The summed E-state index contributed by atoms with van der Waals surface area (Å²) >= 11 is 0. The highest BCUT2D eigenvalue weighted by Crippen LogP contribution is 2.22. The van der Waals surface area contributed by atoms with Crippen molar-refractivity contribution in [1.29, 1.82) is 0 Å². The number of piperidine rings is 1. The van der Waals surface area contributed by atoms with E-state index in [1.54, 1.807) is 0 Å². The molecule has 0 spiro atoms. The Hall–Kier alpha value is -1.42. The van der Waals surface area contributed by atoms with E-state index >= 15 is 0 Å². The van der Waals surface area contributed by atoms with Gasteiger partial charge in [0.25, 0.3) is 0 Å². The minimum atomic E-state index is -0.411. The fraction of sp³-hybridized carbons (Fsp3) is 0.417. The van der Waals surface area contributed by atoms with Gasteiger partial charge in [-0.3, -0.25) is 4.79 Å². The first-order valence-electron chi connectivity index (χ1n) is 5.48. The topological polar surface area (TPSA) is 55.1 Å². The minimum Gasteiger partial charge on any atom is -0.398 e. The zero-order valence-electron chi connectivity index (χ0n) is 9.00. The van der Waals surface area contributed by atoms with Crippen LogP contribution >= 0.6 is 0 Å². The highest BCUT2D eigenvalue weighted by atomic mass is 19.1. The van der Waals surface area contributed by atoms with Gasteiger partial charge in [0.2, 0.25) is 0 Å². The summed E-state index contributed by atoms with van der Waals surface area (Å²) in [6.07, 6.45) is 1.60. The maximum atomic E-state index is 13.1. The molecule has 1 aromatic carbocycles. The number of anilines is 1. The molecule has 0 saturated carbocycles. The number of hydrogen-bond donors (Lipinski definition) is 2. The van der Waals surface area contributed by atoms with E-state index in [4.69, 9.17) is 5.73 Å². The van der Waals surface area contributed by atoms with E-state index in [1.807, 2.05) is 0 Å². The van der Waals surface area contributed by atoms with E-state index in [0.29, 0.717) is 11.3 Å². The average Bonchev–Trinajstić information content (AvgIpc) is 2.32. The molecule has 0 bridgehead atoms. The van der Waals surface area contributed by atoms with Gasteiger partial charge < -0.3 is 11.1 Å². The van der Waals surface area contributed by atoms with E-state index in [2.05, 4.69) is 5.32 Å². The molecule has 1 saturated heterocycles. The molecule has 1 aliphatic rings. The summed E-state index contributed by atoms with van der Waals surface area (Å²) in [6.45, 7) is 1.68. The van der Waals surface area contributed by atoms with Crippen LogP contribution in [0.15, 0.2) is 18.2 Å². The number of rotatable bonds is 2. The molecular weight excluding hydrogens is 207 g/mol. The van der Waals surface area contributed by atoms with Crippen LogP contribution < -0.4 is 11.1 Å². The first-order chi connectivity index (χ1) is 7.68. The summed E-state index contributed by atoms with van der Waals surface area (Å²) in [5.74, 6) is -0.463. The van der Waals surface area contributed by atoms with Crippen molar-refractivity contribution < 1.29 is 9.18 Å². The van der Waals surface area contributed by atoms with E-state index in [9.17, 15) is 9.18 Å². The van der Waals surface area contributed by atoms with Crippen LogP contribution in [0.1, 0.15) is 23.2 Å². The van der Waals surface area contributed by atoms with Crippen LogP contribution in [0, 0.1) is 11.7 Å². The molecule has 3 nitrogen and oxygen atoms in total. The monoisotopic (exact) mass is 222 g/mol. The number of nitrogens with two attached hydrogens (primary N) is 1. The Bertz CT molecular complexity index is 400. The molecule has 86 valence electrons. The average molecular weight is 222 g/mol. The summed E-state index contributed by atoms with van der Waals surface area (Å²) in [7, 11) is 0. The number of halogens is 1. The third-order valence-electron chi connectivity index (χ3n) is 2.99. The third kappa shape index (κ3) is 2.22. The Morgan fingerprint density at radius 1 is 1.38 bits per heavy atom. The van der Waals surface area contributed by atoms with Gasteiger partial charge in [0, 0.05) is 17.2 Å². The number of nitrogens with one attached hydrogen (secondary N) is 1. The quantitative estimate of drug-likeness (QED) is 0.590. The molecule has 1 aliphatic heterocycles. The van der Waals surface area contributed by atoms with Crippen molar-refractivity contribution in [3.63, 3.8) is 0 Å². The second kappa shape index (κ2) is 4.61. The molecule has 0 atom stereocenters. The first-order valence-corrected chi connectivity index (χ1v) is 5.48. The Labute approximate surface area is 93.8 Å². The molecule has 16 heavy (non-hydrogen) atoms. The van der Waals surface area contributed by atoms with Crippen molar-refractivity contribution in [2.75, 3.05) is 18.8 Å². The molecule has 1 fully saturated rings. The second-order valence-electron chi connectivity index (χ2n) is 4.12. The summed E-state index contributed by atoms with van der Waals surface area (Å²) in [4.78, 5) is 12.1. The maximum absolute atomic E-state index is 13.1. The van der Waals surface area contributed by atoms with Gasteiger partial charge in [-0.2, -0.15) is 0 Å². The van der Waals surface area contributed by atoms with E-state index in [-0.39, 0.29) is 11.7 Å². The summed E-state index contributed by atoms with van der Waals surface area (Å²) in [5.41, 5.74) is 6.39. The SMILES string of the molecule is Nc1ccc(F)cc1C(=O)C1CCNCC1. The van der Waals surface area contributed by atoms with Crippen molar-refractivity contribution in [3.8, 4) is 0 Å². The standard InChI is InChI=1S/C12H15FN2O/c13-9-1-2-11(14)10(7-9)12(16)8-3-5-15-6-4-8/h1-2,7-8,15H,3-6,14H2. The molecule has 0 radical (unpaired) electrons. The normalized spacial score (nSPS) is 17.3. The number of carbonyl (C=O) groups is 1. The maximum Gasteiger partial charge on any atom is 0.168 e. The van der Waals surface area contributed by atoms with E-state index in [1.165, 1.54) is 18.2 Å². The Kier molecular flexibility index (Phi) is 3.19. The summed E-state index contributed by atoms with van der Waals surface area (Å²) in [6, 6.07) is 3.96. The van der Waals surface area contributed by atoms with Gasteiger partial charge in [0.05, 0.1) is 0 Å². The Balaban J connectivity index is 2.22. The molecule has 4 heteroatoms. The van der Waals surface area contributed by atoms with Crippen molar-refractivity contribution in [1.82, 2.24) is 5.32 Å². The lowest BCUT2D eigenvalue weighted by Crippen LogP contribution is -2.32. The lowest BCUT2D eigenvalue weighted by molar-refractivity contribution is 0.0895. The number of Topliss-reactive ketones (excluding diaryl/α,β-unsaturated/α-hetero) is 1. The van der Waals surface area contributed by atoms with Crippen molar-refractivity contribution in [3.05, 3.63) is 29.6 Å². The minimum absolute atomic E-state index is 0.0228. The highest BCUT2D eigenvalue weighted by Gasteiger charge is 2.23. The first kappa shape index (κ1) is 11.1. The van der Waals surface area contributed by atoms with Gasteiger partial charge in [0.15, 0.2) is 5.78 Å². The fourth-order valence-corrected chi connectivity index (χ4v) is 2.05. The highest BCUT2D eigenvalue weighted by molar-refractivity contribution is 6.02. The zero-order chi connectivity index (χ0) is 11.5. The molecule has 0 amide bonds. The molecule has 0 aromatic heterocycles. The van der Waals surface area contributed by atoms with Crippen molar-refractivity contribution in [2.24, 2.45) is 5.92 Å². The van der Waals surface area contributed by atoms with Crippen LogP contribution in [0.25, 0.3) is 0 Å². The number of nitrogen functional groups attached to an aromatic ring is 1. The van der Waals surface area contributed by atoms with Crippen molar-refractivity contribution in [2.45, 2.75) is 12.8 Å². The van der Waals surface area contributed by atoms with Crippen LogP contribution in [0.2, 0.25) is 0 Å². The predicted molar refractivity (Wildman–Crippen MR) is 60.7 cm³/mol. The van der Waals surface area contributed by atoms with Crippen LogP contribution in [-0.2, 0) is 0 Å². The number of ketones is 1. The Morgan fingerprint density at radius 2 is 2.06 bits per heavy atom. The van der Waals surface area contributed by atoms with Gasteiger partial charge in [-0.25, -0.2) is 4.39 Å². The van der Waals surface area contributed by atoms with E-state index < -0.39 is 5.82 Å². The van der Waals surface area contributed by atoms with Crippen LogP contribution in [0.4, 0.5) is 10.1 Å². The summed E-state index contributed by atoms with van der Waals surface area (Å²) < 4.78 is 13.1. The Morgan fingerprint density at radius 3 is 2.75 bits per heavy atom. The molecule has 1 heterocycles. The molecule has 0 unspecified atom stereocenters. The lowest BCUT2D eigenvalue weighted by atomic mass is 9.89. The zero-order valence-corrected chi connectivity index (χ0v) is 9.00. The van der Waals surface area contributed by atoms with Gasteiger partial charge in [0.1, 0.15) is 5.82 Å². The molecule has 0 aliphatic carbocycles. The van der Waals surface area contributed by atoms with Crippen LogP contribution in [0.5, 0.6) is 0 Å². The van der Waals surface area contributed by atoms with Gasteiger partial charge >= 0.3 is 0 Å². The smallest absolute Gasteiger partial charge is 0.168 e. The largest absolute Gasteiger partial charge is 0.398 e. The number of carbonyl (C=O) groups excluding carboxylic acids is 1. The predicted octanol–water partition coefficient (Wildman–Crippen LogP) is 1.59. The van der Waals surface area contributed by atoms with Crippen LogP contribution in [0.3, 0.4) is 0 Å². The molecule has 3 N–H and O–H groups in total. The number of hydrogen-bond acceptors (Lipinski definition) is 3. The van der Waals surface area contributed by atoms with Crippen LogP contribution in [-0.4, -0.2) is 18.9 Å². The van der Waals surface area contributed by atoms with Gasteiger partial charge in [-0.05, 0) is 44.1 Å². The second-order valence-corrected chi connectivity index (χ2v) is 4.12. The molecule has 2 rings (SSSR count). The lowest BCUT2D eigenvalue weighted by Gasteiger charge is -2.21. The third-order valence-corrected chi connectivity index (χ3v) is 2.99. The fourth-order valence-electron chi connectivity index (χ4n) is 2.05.